The number of hydrogen-bond donors (Lipinski definition) is 1. The second kappa shape index (κ2) is 7.16. The quantitative estimate of drug-likeness (QED) is 0.639. The van der Waals surface area contributed by atoms with Crippen LogP contribution >= 0.6 is 0 Å². The molecule has 0 bridgehead atoms. The maximum absolute atomic E-state index is 13.1. The fourth-order valence-corrected chi connectivity index (χ4v) is 3.56. The fourth-order valence-electron chi connectivity index (χ4n) is 3.56. The molecule has 7 heteroatoms. The molecule has 2 heterocycles. The van der Waals surface area contributed by atoms with Gasteiger partial charge < -0.3 is 4.74 Å². The largest absolute Gasteiger partial charge is 0.456 e. The van der Waals surface area contributed by atoms with Gasteiger partial charge in [-0.3, -0.25) is 15.0 Å². The molecule has 0 unspecified atom stereocenters. The summed E-state index contributed by atoms with van der Waals surface area (Å²) in [5.41, 5.74) is 5.09. The summed E-state index contributed by atoms with van der Waals surface area (Å²) in [6.07, 6.45) is -0.0374. The van der Waals surface area contributed by atoms with Crippen LogP contribution in [0.15, 0.2) is 53.6 Å². The molecule has 0 radical (unpaired) electrons. The molecule has 2 aliphatic heterocycles. The number of hydrazone groups is 1. The molecule has 0 saturated carbocycles. The van der Waals surface area contributed by atoms with E-state index in [1.807, 2.05) is 56.3 Å². The Morgan fingerprint density at radius 3 is 2.59 bits per heavy atom. The molecule has 29 heavy (non-hydrogen) atoms. The molecule has 0 aliphatic carbocycles. The van der Waals surface area contributed by atoms with Gasteiger partial charge in [0.2, 0.25) is 5.91 Å². The van der Waals surface area contributed by atoms with Crippen LogP contribution in [-0.2, 0) is 25.7 Å². The van der Waals surface area contributed by atoms with Gasteiger partial charge in [0.15, 0.2) is 0 Å². The summed E-state index contributed by atoms with van der Waals surface area (Å²) in [5.74, 6) is -1.32. The zero-order chi connectivity index (χ0) is 20.6. The van der Waals surface area contributed by atoms with E-state index in [-0.39, 0.29) is 31.1 Å². The van der Waals surface area contributed by atoms with Crippen molar-refractivity contribution in [2.45, 2.75) is 38.8 Å². The third kappa shape index (κ3) is 3.40. The second-order valence-electron chi connectivity index (χ2n) is 7.47. The SMILES string of the molecule is Cc1ccc(N2C(=O)C[C@@]3(CC(C(=O)OCc4ccccc4)=NN3)C2=O)cc1C. The van der Waals surface area contributed by atoms with Crippen molar-refractivity contribution >= 4 is 29.2 Å². The Bertz CT molecular complexity index is 1030. The first-order chi connectivity index (χ1) is 13.9. The average Bonchev–Trinajstić information content (AvgIpc) is 3.24. The minimum Gasteiger partial charge on any atom is -0.456 e. The topological polar surface area (TPSA) is 88.1 Å². The van der Waals surface area contributed by atoms with E-state index in [0.717, 1.165) is 16.7 Å². The molecular formula is C22H21N3O4. The zero-order valence-electron chi connectivity index (χ0n) is 16.3. The summed E-state index contributed by atoms with van der Waals surface area (Å²) in [6.45, 7) is 4.01. The first kappa shape index (κ1) is 18.9. The summed E-state index contributed by atoms with van der Waals surface area (Å²) in [7, 11) is 0. The van der Waals surface area contributed by atoms with E-state index in [9.17, 15) is 14.4 Å². The number of ether oxygens (including phenoxy) is 1. The summed E-state index contributed by atoms with van der Waals surface area (Å²) in [6, 6.07) is 14.7. The molecule has 1 fully saturated rings. The van der Waals surface area contributed by atoms with Gasteiger partial charge >= 0.3 is 5.97 Å². The van der Waals surface area contributed by atoms with Crippen LogP contribution in [0.3, 0.4) is 0 Å². The smallest absolute Gasteiger partial charge is 0.354 e. The molecule has 2 amide bonds. The van der Waals surface area contributed by atoms with Crippen LogP contribution in [0.1, 0.15) is 29.5 Å². The fraction of sp³-hybridized carbons (Fsp3) is 0.273. The van der Waals surface area contributed by atoms with Crippen LogP contribution in [0.5, 0.6) is 0 Å². The van der Waals surface area contributed by atoms with Crippen molar-refractivity contribution in [2.24, 2.45) is 5.10 Å². The van der Waals surface area contributed by atoms with Crippen molar-refractivity contribution < 1.29 is 19.1 Å². The number of imide groups is 1. The van der Waals surface area contributed by atoms with Crippen LogP contribution in [0.2, 0.25) is 0 Å². The normalized spacial score (nSPS) is 20.8. The number of rotatable bonds is 4. The summed E-state index contributed by atoms with van der Waals surface area (Å²) < 4.78 is 5.30. The van der Waals surface area contributed by atoms with Crippen LogP contribution in [0, 0.1) is 13.8 Å². The molecule has 2 aliphatic rings. The number of carbonyl (C=O) groups excluding carboxylic acids is 3. The van der Waals surface area contributed by atoms with Crippen LogP contribution in [-0.4, -0.2) is 29.0 Å². The molecule has 4 rings (SSSR count). The van der Waals surface area contributed by atoms with E-state index >= 15 is 0 Å². The minimum absolute atomic E-state index is 0.0204. The van der Waals surface area contributed by atoms with Crippen molar-refractivity contribution in [3.05, 3.63) is 65.2 Å². The third-order valence-corrected chi connectivity index (χ3v) is 5.39. The van der Waals surface area contributed by atoms with Crippen molar-refractivity contribution in [3.63, 3.8) is 0 Å². The lowest BCUT2D eigenvalue weighted by atomic mass is 9.92. The first-order valence-corrected chi connectivity index (χ1v) is 9.39. The molecule has 7 nitrogen and oxygen atoms in total. The van der Waals surface area contributed by atoms with Crippen molar-refractivity contribution in [1.29, 1.82) is 0 Å². The molecule has 1 saturated heterocycles. The Labute approximate surface area is 168 Å². The van der Waals surface area contributed by atoms with Crippen molar-refractivity contribution in [3.8, 4) is 0 Å². The summed E-state index contributed by atoms with van der Waals surface area (Å²) >= 11 is 0. The highest BCUT2D eigenvalue weighted by Crippen LogP contribution is 2.35. The van der Waals surface area contributed by atoms with Gasteiger partial charge in [0.1, 0.15) is 17.9 Å². The highest BCUT2D eigenvalue weighted by Gasteiger charge is 2.56. The summed E-state index contributed by atoms with van der Waals surface area (Å²) in [4.78, 5) is 39.3. The Morgan fingerprint density at radius 1 is 1.10 bits per heavy atom. The lowest BCUT2D eigenvalue weighted by molar-refractivity contribution is -0.136. The van der Waals surface area contributed by atoms with Crippen LogP contribution in [0.25, 0.3) is 0 Å². The third-order valence-electron chi connectivity index (χ3n) is 5.39. The van der Waals surface area contributed by atoms with Gasteiger partial charge in [-0.05, 0) is 42.7 Å². The van der Waals surface area contributed by atoms with Gasteiger partial charge in [0, 0.05) is 6.42 Å². The molecular weight excluding hydrogens is 370 g/mol. The Kier molecular flexibility index (Phi) is 4.66. The predicted molar refractivity (Wildman–Crippen MR) is 107 cm³/mol. The number of hydrogen-bond acceptors (Lipinski definition) is 6. The van der Waals surface area contributed by atoms with Gasteiger partial charge in [0.25, 0.3) is 5.91 Å². The van der Waals surface area contributed by atoms with Crippen LogP contribution < -0.4 is 10.3 Å². The number of nitrogens with zero attached hydrogens (tertiary/aromatic N) is 2. The average molecular weight is 391 g/mol. The maximum Gasteiger partial charge on any atom is 0.354 e. The number of esters is 1. The molecule has 148 valence electrons. The van der Waals surface area contributed by atoms with Crippen molar-refractivity contribution in [2.75, 3.05) is 4.90 Å². The monoisotopic (exact) mass is 391 g/mol. The van der Waals surface area contributed by atoms with Gasteiger partial charge in [-0.2, -0.15) is 5.10 Å². The lowest BCUT2D eigenvalue weighted by Crippen LogP contribution is -2.47. The first-order valence-electron chi connectivity index (χ1n) is 9.39. The van der Waals surface area contributed by atoms with Gasteiger partial charge in [-0.1, -0.05) is 36.4 Å². The maximum atomic E-state index is 13.1. The highest BCUT2D eigenvalue weighted by molar-refractivity contribution is 6.39. The zero-order valence-corrected chi connectivity index (χ0v) is 16.3. The molecule has 1 N–H and O–H groups in total. The molecule has 0 aromatic heterocycles. The van der Waals surface area contributed by atoms with E-state index in [4.69, 9.17) is 4.74 Å². The van der Waals surface area contributed by atoms with Gasteiger partial charge in [-0.15, -0.1) is 0 Å². The van der Waals surface area contributed by atoms with Crippen molar-refractivity contribution in [1.82, 2.24) is 5.43 Å². The van der Waals surface area contributed by atoms with Gasteiger partial charge in [-0.25, -0.2) is 9.69 Å². The number of anilines is 1. The summed E-state index contributed by atoms with van der Waals surface area (Å²) in [5, 5.41) is 4.02. The number of carbonyl (C=O) groups is 3. The Morgan fingerprint density at radius 2 is 1.86 bits per heavy atom. The van der Waals surface area contributed by atoms with E-state index in [2.05, 4.69) is 10.5 Å². The number of benzene rings is 2. The molecule has 1 spiro atoms. The van der Waals surface area contributed by atoms with Gasteiger partial charge in [0.05, 0.1) is 12.1 Å². The predicted octanol–water partition coefficient (Wildman–Crippen LogP) is 2.40. The minimum atomic E-state index is -1.23. The molecule has 1 atom stereocenters. The standard InChI is InChI=1S/C22H21N3O4/c1-14-8-9-17(10-15(14)2)25-19(26)12-22(21(25)28)11-18(23-24-22)20(27)29-13-16-6-4-3-5-7-16/h3-10,24H,11-13H2,1-2H3/t22-/m0/s1. The molecule has 2 aromatic rings. The highest BCUT2D eigenvalue weighted by atomic mass is 16.5. The van der Waals surface area contributed by atoms with E-state index in [0.29, 0.717) is 5.69 Å². The second-order valence-corrected chi connectivity index (χ2v) is 7.47. The Hall–Kier alpha value is -3.48. The molecule has 2 aromatic carbocycles. The number of aryl methyl sites for hydroxylation is 2. The van der Waals surface area contributed by atoms with Crippen LogP contribution in [0.4, 0.5) is 5.69 Å². The number of nitrogens with one attached hydrogen (secondary N) is 1. The van der Waals surface area contributed by atoms with E-state index in [1.54, 1.807) is 6.07 Å². The van der Waals surface area contributed by atoms with E-state index in [1.165, 1.54) is 4.90 Å². The number of amides is 2. The Balaban J connectivity index is 1.46. The lowest BCUT2D eigenvalue weighted by Gasteiger charge is -2.21. The van der Waals surface area contributed by atoms with E-state index < -0.39 is 17.4 Å².